The van der Waals surface area contributed by atoms with Crippen LogP contribution in [0.1, 0.15) is 80.1 Å². The molecule has 0 spiro atoms. The number of rotatable bonds is 14. The van der Waals surface area contributed by atoms with Gasteiger partial charge in [-0.2, -0.15) is 0 Å². The van der Waals surface area contributed by atoms with Crippen molar-refractivity contribution < 1.29 is 23.9 Å². The molecule has 5 heteroatoms. The molecule has 26 heavy (non-hydrogen) atoms. The average molecular weight is 371 g/mol. The van der Waals surface area contributed by atoms with Crippen molar-refractivity contribution in [2.24, 2.45) is 23.7 Å². The summed E-state index contributed by atoms with van der Waals surface area (Å²) < 4.78 is 10.5. The van der Waals surface area contributed by atoms with Gasteiger partial charge in [0.15, 0.2) is 0 Å². The van der Waals surface area contributed by atoms with Crippen LogP contribution in [0, 0.1) is 23.7 Å². The molecule has 0 saturated carbocycles. The molecule has 2 unspecified atom stereocenters. The fourth-order valence-corrected chi connectivity index (χ4v) is 2.94. The summed E-state index contributed by atoms with van der Waals surface area (Å²) in [5, 5.41) is 0. The van der Waals surface area contributed by atoms with Crippen molar-refractivity contribution in [1.82, 2.24) is 0 Å². The van der Waals surface area contributed by atoms with Crippen molar-refractivity contribution in [3.05, 3.63) is 0 Å². The molecule has 0 aromatic carbocycles. The normalized spacial score (nSPS) is 13.5. The van der Waals surface area contributed by atoms with Crippen LogP contribution in [0.2, 0.25) is 0 Å². The standard InChI is InChI=1S/C21H38O5/c1-7-9-25-20(23)17(11-15(3)4)13-19(22)14-18(12-16(5)6)21(24)26-10-8-2/h15-18H,7-14H2,1-6H3. The van der Waals surface area contributed by atoms with Crippen LogP contribution < -0.4 is 0 Å². The summed E-state index contributed by atoms with van der Waals surface area (Å²) in [5.74, 6) is -0.944. The Hall–Kier alpha value is -1.39. The molecule has 152 valence electrons. The second-order valence-electron chi connectivity index (χ2n) is 7.93. The molecule has 0 amide bonds. The van der Waals surface area contributed by atoms with Gasteiger partial charge in [0.25, 0.3) is 0 Å². The van der Waals surface area contributed by atoms with Crippen molar-refractivity contribution in [3.63, 3.8) is 0 Å². The first kappa shape index (κ1) is 24.6. The average Bonchev–Trinajstić information content (AvgIpc) is 2.55. The predicted molar refractivity (Wildman–Crippen MR) is 103 cm³/mol. The summed E-state index contributed by atoms with van der Waals surface area (Å²) in [7, 11) is 0. The lowest BCUT2D eigenvalue weighted by Gasteiger charge is -2.20. The van der Waals surface area contributed by atoms with Gasteiger partial charge in [0.1, 0.15) is 5.78 Å². The third-order valence-corrected chi connectivity index (χ3v) is 4.02. The zero-order valence-electron chi connectivity index (χ0n) is 17.5. The van der Waals surface area contributed by atoms with Gasteiger partial charge in [0.2, 0.25) is 0 Å². The number of esters is 2. The lowest BCUT2D eigenvalue weighted by Crippen LogP contribution is -2.27. The Labute approximate surface area is 159 Å². The lowest BCUT2D eigenvalue weighted by atomic mass is 9.87. The number of Topliss-reactive ketones (excluding diaryl/α,β-unsaturated/α-hetero) is 1. The molecule has 0 rings (SSSR count). The van der Waals surface area contributed by atoms with E-state index < -0.39 is 11.8 Å². The van der Waals surface area contributed by atoms with Crippen molar-refractivity contribution in [3.8, 4) is 0 Å². The summed E-state index contributed by atoms with van der Waals surface area (Å²) in [4.78, 5) is 37.1. The molecule has 0 radical (unpaired) electrons. The van der Waals surface area contributed by atoms with Gasteiger partial charge in [0.05, 0.1) is 25.0 Å². The summed E-state index contributed by atoms with van der Waals surface area (Å²) in [5.41, 5.74) is 0. The molecule has 0 aromatic rings. The molecule has 0 fully saturated rings. The fraction of sp³-hybridized carbons (Fsp3) is 0.857. The number of carbonyl (C=O) groups excluding carboxylic acids is 3. The van der Waals surface area contributed by atoms with Gasteiger partial charge in [-0.1, -0.05) is 41.5 Å². The third-order valence-electron chi connectivity index (χ3n) is 4.02. The Morgan fingerprint density at radius 1 is 0.692 bits per heavy atom. The summed E-state index contributed by atoms with van der Waals surface area (Å²) in [6.45, 7) is 12.7. The zero-order valence-corrected chi connectivity index (χ0v) is 17.5. The van der Waals surface area contributed by atoms with Crippen molar-refractivity contribution in [2.75, 3.05) is 13.2 Å². The SMILES string of the molecule is CCCOC(=O)C(CC(=O)CC(CC(C)C)C(=O)OCCC)CC(C)C. The summed E-state index contributed by atoms with van der Waals surface area (Å²) >= 11 is 0. The van der Waals surface area contributed by atoms with E-state index in [2.05, 4.69) is 0 Å². The zero-order chi connectivity index (χ0) is 20.1. The molecule has 0 saturated heterocycles. The minimum Gasteiger partial charge on any atom is -0.465 e. The molecule has 2 atom stereocenters. The Morgan fingerprint density at radius 3 is 1.31 bits per heavy atom. The Balaban J connectivity index is 4.89. The largest absolute Gasteiger partial charge is 0.465 e. The number of hydrogen-bond donors (Lipinski definition) is 0. The van der Waals surface area contributed by atoms with Crippen molar-refractivity contribution in [2.45, 2.75) is 80.1 Å². The van der Waals surface area contributed by atoms with E-state index in [9.17, 15) is 14.4 Å². The lowest BCUT2D eigenvalue weighted by molar-refractivity contribution is -0.152. The molecule has 5 nitrogen and oxygen atoms in total. The third kappa shape index (κ3) is 11.3. The number of carbonyl (C=O) groups is 3. The maximum atomic E-state index is 12.6. The first-order valence-corrected chi connectivity index (χ1v) is 10.1. The molecule has 0 bridgehead atoms. The van der Waals surface area contributed by atoms with E-state index in [4.69, 9.17) is 9.47 Å². The number of ketones is 1. The second kappa shape index (κ2) is 13.8. The van der Waals surface area contributed by atoms with E-state index in [1.54, 1.807) is 0 Å². The Bertz CT molecular complexity index is 390. The fourth-order valence-electron chi connectivity index (χ4n) is 2.94. The van der Waals surface area contributed by atoms with Crippen LogP contribution in [0.15, 0.2) is 0 Å². The van der Waals surface area contributed by atoms with E-state index >= 15 is 0 Å². The first-order valence-electron chi connectivity index (χ1n) is 10.1. The molecule has 0 aromatic heterocycles. The van der Waals surface area contributed by atoms with Gasteiger partial charge in [-0.25, -0.2) is 0 Å². The number of hydrogen-bond acceptors (Lipinski definition) is 5. The van der Waals surface area contributed by atoms with Crippen LogP contribution in [0.25, 0.3) is 0 Å². The second-order valence-corrected chi connectivity index (χ2v) is 7.93. The highest BCUT2D eigenvalue weighted by Crippen LogP contribution is 2.23. The van der Waals surface area contributed by atoms with Crippen LogP contribution >= 0.6 is 0 Å². The van der Waals surface area contributed by atoms with Crippen LogP contribution in [-0.4, -0.2) is 30.9 Å². The highest BCUT2D eigenvalue weighted by atomic mass is 16.5. The van der Waals surface area contributed by atoms with Gasteiger partial charge >= 0.3 is 11.9 Å². The smallest absolute Gasteiger partial charge is 0.309 e. The summed E-state index contributed by atoms with van der Waals surface area (Å²) in [6, 6.07) is 0. The molecule has 0 N–H and O–H groups in total. The van der Waals surface area contributed by atoms with E-state index in [-0.39, 0.29) is 30.6 Å². The topological polar surface area (TPSA) is 69.7 Å². The minimum atomic E-state index is -0.430. The molecular formula is C21H38O5. The van der Waals surface area contributed by atoms with Crippen LogP contribution in [0.4, 0.5) is 0 Å². The Kier molecular flexibility index (Phi) is 13.0. The van der Waals surface area contributed by atoms with Gasteiger partial charge in [-0.15, -0.1) is 0 Å². The molecular weight excluding hydrogens is 332 g/mol. The molecule has 0 heterocycles. The van der Waals surface area contributed by atoms with Crippen molar-refractivity contribution >= 4 is 17.7 Å². The highest BCUT2D eigenvalue weighted by Gasteiger charge is 2.29. The molecule has 0 aliphatic rings. The van der Waals surface area contributed by atoms with Gasteiger partial charge in [0, 0.05) is 12.8 Å². The van der Waals surface area contributed by atoms with E-state index in [0.29, 0.717) is 37.9 Å². The predicted octanol–water partition coefficient (Wildman–Crippen LogP) is 4.57. The summed E-state index contributed by atoms with van der Waals surface area (Å²) in [6.07, 6.45) is 3.02. The minimum absolute atomic E-state index is 0.0665. The molecule has 0 aliphatic heterocycles. The monoisotopic (exact) mass is 370 g/mol. The first-order chi connectivity index (χ1) is 12.2. The van der Waals surface area contributed by atoms with Crippen LogP contribution in [-0.2, 0) is 23.9 Å². The quantitative estimate of drug-likeness (QED) is 0.419. The highest BCUT2D eigenvalue weighted by molar-refractivity contribution is 5.87. The Morgan fingerprint density at radius 2 is 1.04 bits per heavy atom. The van der Waals surface area contributed by atoms with Gasteiger partial charge in [-0.3, -0.25) is 14.4 Å². The van der Waals surface area contributed by atoms with E-state index in [0.717, 1.165) is 12.8 Å². The van der Waals surface area contributed by atoms with Crippen LogP contribution in [0.3, 0.4) is 0 Å². The maximum Gasteiger partial charge on any atom is 0.309 e. The van der Waals surface area contributed by atoms with E-state index in [1.165, 1.54) is 0 Å². The molecule has 0 aliphatic carbocycles. The van der Waals surface area contributed by atoms with Crippen LogP contribution in [0.5, 0.6) is 0 Å². The van der Waals surface area contributed by atoms with Gasteiger partial charge < -0.3 is 9.47 Å². The van der Waals surface area contributed by atoms with Gasteiger partial charge in [-0.05, 0) is 37.5 Å². The number of ether oxygens (including phenoxy) is 2. The van der Waals surface area contributed by atoms with Crippen molar-refractivity contribution in [1.29, 1.82) is 0 Å². The maximum absolute atomic E-state index is 12.6. The van der Waals surface area contributed by atoms with E-state index in [1.807, 2.05) is 41.5 Å².